The summed E-state index contributed by atoms with van der Waals surface area (Å²) >= 11 is 0. The van der Waals surface area contributed by atoms with Gasteiger partial charge in [0.1, 0.15) is 0 Å². The summed E-state index contributed by atoms with van der Waals surface area (Å²) in [6, 6.07) is 5.65. The quantitative estimate of drug-likeness (QED) is 0.818. The predicted molar refractivity (Wildman–Crippen MR) is 79.4 cm³/mol. The van der Waals surface area contributed by atoms with Crippen molar-refractivity contribution in [2.24, 2.45) is 0 Å². The molecule has 0 saturated heterocycles. The third-order valence-corrected chi connectivity index (χ3v) is 6.10. The molecule has 114 valence electrons. The lowest BCUT2D eigenvalue weighted by Gasteiger charge is -2.10. The van der Waals surface area contributed by atoms with Crippen molar-refractivity contribution in [3.8, 4) is 0 Å². The zero-order valence-corrected chi connectivity index (χ0v) is 13.6. The molecule has 0 fully saturated rings. The first-order chi connectivity index (χ1) is 9.16. The Bertz CT molecular complexity index is 633. The Morgan fingerprint density at radius 3 is 2.00 bits per heavy atom. The van der Waals surface area contributed by atoms with Crippen LogP contribution in [-0.2, 0) is 19.7 Å². The van der Waals surface area contributed by atoms with Crippen LogP contribution in [0, 0.1) is 0 Å². The van der Waals surface area contributed by atoms with Gasteiger partial charge in [0.15, 0.2) is 19.7 Å². The van der Waals surface area contributed by atoms with E-state index in [-0.39, 0.29) is 21.6 Å². The molecule has 0 aromatic heterocycles. The highest BCUT2D eigenvalue weighted by molar-refractivity contribution is 7.91. The van der Waals surface area contributed by atoms with Crippen molar-refractivity contribution in [3.63, 3.8) is 0 Å². The van der Waals surface area contributed by atoms with E-state index in [1.165, 1.54) is 24.3 Å². The Morgan fingerprint density at radius 2 is 1.55 bits per heavy atom. The van der Waals surface area contributed by atoms with E-state index in [9.17, 15) is 16.8 Å². The molecule has 7 heteroatoms. The summed E-state index contributed by atoms with van der Waals surface area (Å²) in [5.41, 5.74) is 0. The number of nitrogens with one attached hydrogen (secondary N) is 1. The van der Waals surface area contributed by atoms with Crippen molar-refractivity contribution in [3.05, 3.63) is 24.3 Å². The number of rotatable bonds is 7. The van der Waals surface area contributed by atoms with E-state index in [0.717, 1.165) is 12.7 Å². The Balaban J connectivity index is 2.78. The van der Waals surface area contributed by atoms with E-state index in [0.29, 0.717) is 6.42 Å². The van der Waals surface area contributed by atoms with Gasteiger partial charge in [-0.1, -0.05) is 0 Å². The predicted octanol–water partition coefficient (Wildman–Crippen LogP) is 1.25. The summed E-state index contributed by atoms with van der Waals surface area (Å²) in [6.07, 6.45) is 2.44. The van der Waals surface area contributed by atoms with Crippen molar-refractivity contribution in [1.29, 1.82) is 0 Å². The van der Waals surface area contributed by atoms with Gasteiger partial charge in [0, 0.05) is 12.3 Å². The molecule has 0 amide bonds. The fourth-order valence-electron chi connectivity index (χ4n) is 1.74. The molecular weight excluding hydrogens is 298 g/mol. The van der Waals surface area contributed by atoms with Gasteiger partial charge in [0.2, 0.25) is 0 Å². The highest BCUT2D eigenvalue weighted by Gasteiger charge is 2.16. The van der Waals surface area contributed by atoms with Crippen LogP contribution in [-0.4, -0.2) is 41.9 Å². The molecule has 1 rings (SSSR count). The Labute approximate surface area is 121 Å². The molecule has 1 atom stereocenters. The molecule has 0 spiro atoms. The molecule has 0 aliphatic heterocycles. The van der Waals surface area contributed by atoms with Crippen LogP contribution in [0.5, 0.6) is 0 Å². The SMILES string of the molecule is CNC(C)CCCS(=O)(=O)c1ccc(S(C)(=O)=O)cc1. The maximum atomic E-state index is 12.1. The van der Waals surface area contributed by atoms with Crippen LogP contribution in [0.1, 0.15) is 19.8 Å². The van der Waals surface area contributed by atoms with Crippen LogP contribution in [0.4, 0.5) is 0 Å². The van der Waals surface area contributed by atoms with Crippen LogP contribution in [0.25, 0.3) is 0 Å². The monoisotopic (exact) mass is 319 g/mol. The summed E-state index contributed by atoms with van der Waals surface area (Å²) in [5.74, 6) is 0.0667. The van der Waals surface area contributed by atoms with Crippen molar-refractivity contribution < 1.29 is 16.8 Å². The van der Waals surface area contributed by atoms with E-state index in [4.69, 9.17) is 0 Å². The van der Waals surface area contributed by atoms with E-state index < -0.39 is 19.7 Å². The number of sulfone groups is 2. The lowest BCUT2D eigenvalue weighted by molar-refractivity contribution is 0.548. The number of hydrogen-bond donors (Lipinski definition) is 1. The van der Waals surface area contributed by atoms with E-state index in [1.807, 2.05) is 14.0 Å². The summed E-state index contributed by atoms with van der Waals surface area (Å²) in [6.45, 7) is 1.99. The fourth-order valence-corrected chi connectivity index (χ4v) is 3.70. The molecule has 1 unspecified atom stereocenters. The molecule has 0 heterocycles. The van der Waals surface area contributed by atoms with Gasteiger partial charge in [-0.3, -0.25) is 0 Å². The lowest BCUT2D eigenvalue weighted by Crippen LogP contribution is -2.22. The van der Waals surface area contributed by atoms with E-state index in [2.05, 4.69) is 5.32 Å². The van der Waals surface area contributed by atoms with Gasteiger partial charge in [-0.15, -0.1) is 0 Å². The van der Waals surface area contributed by atoms with Crippen LogP contribution in [0.15, 0.2) is 34.1 Å². The third kappa shape index (κ3) is 4.88. The van der Waals surface area contributed by atoms with Crippen molar-refractivity contribution in [2.75, 3.05) is 19.1 Å². The van der Waals surface area contributed by atoms with Gasteiger partial charge >= 0.3 is 0 Å². The van der Waals surface area contributed by atoms with Crippen LogP contribution >= 0.6 is 0 Å². The third-order valence-electron chi connectivity index (χ3n) is 3.15. The normalized spacial score (nSPS) is 14.2. The number of hydrogen-bond acceptors (Lipinski definition) is 5. The summed E-state index contributed by atoms with van der Waals surface area (Å²) in [7, 11) is -4.81. The average molecular weight is 319 g/mol. The van der Waals surface area contributed by atoms with Crippen LogP contribution < -0.4 is 5.32 Å². The topological polar surface area (TPSA) is 80.3 Å². The molecule has 0 radical (unpaired) electrons. The Morgan fingerprint density at radius 1 is 1.05 bits per heavy atom. The fraction of sp³-hybridized carbons (Fsp3) is 0.538. The molecule has 0 aliphatic rings. The minimum Gasteiger partial charge on any atom is -0.317 e. The van der Waals surface area contributed by atoms with Crippen molar-refractivity contribution in [2.45, 2.75) is 35.6 Å². The molecule has 1 aromatic carbocycles. The molecule has 5 nitrogen and oxygen atoms in total. The van der Waals surface area contributed by atoms with Gasteiger partial charge in [0.25, 0.3) is 0 Å². The summed E-state index contributed by atoms with van der Waals surface area (Å²) < 4.78 is 46.8. The molecule has 1 aromatic rings. The van der Waals surface area contributed by atoms with Gasteiger partial charge in [-0.25, -0.2) is 16.8 Å². The second kappa shape index (κ2) is 6.69. The number of benzene rings is 1. The largest absolute Gasteiger partial charge is 0.317 e. The van der Waals surface area contributed by atoms with Crippen molar-refractivity contribution >= 4 is 19.7 Å². The van der Waals surface area contributed by atoms with E-state index >= 15 is 0 Å². The molecular formula is C13H21NO4S2. The highest BCUT2D eigenvalue weighted by Crippen LogP contribution is 2.16. The van der Waals surface area contributed by atoms with Crippen LogP contribution in [0.2, 0.25) is 0 Å². The standard InChI is InChI=1S/C13H21NO4S2/c1-11(14-2)5-4-10-20(17,18)13-8-6-12(7-9-13)19(3,15)16/h6-9,11,14H,4-5,10H2,1-3H3. The Hall–Kier alpha value is -0.920. The lowest BCUT2D eigenvalue weighted by atomic mass is 10.2. The molecule has 20 heavy (non-hydrogen) atoms. The second-order valence-electron chi connectivity index (χ2n) is 4.89. The highest BCUT2D eigenvalue weighted by atomic mass is 32.2. The minimum atomic E-state index is -3.35. The second-order valence-corrected chi connectivity index (χ2v) is 9.02. The maximum absolute atomic E-state index is 12.1. The zero-order chi connectivity index (χ0) is 15.4. The summed E-state index contributed by atoms with van der Waals surface area (Å²) in [4.78, 5) is 0.294. The molecule has 0 saturated carbocycles. The smallest absolute Gasteiger partial charge is 0.178 e. The minimum absolute atomic E-state index is 0.0667. The first-order valence-corrected chi connectivity index (χ1v) is 9.91. The van der Waals surface area contributed by atoms with E-state index in [1.54, 1.807) is 0 Å². The van der Waals surface area contributed by atoms with Gasteiger partial charge < -0.3 is 5.32 Å². The zero-order valence-electron chi connectivity index (χ0n) is 12.0. The average Bonchev–Trinajstić information content (AvgIpc) is 2.37. The maximum Gasteiger partial charge on any atom is 0.178 e. The first kappa shape index (κ1) is 17.1. The molecule has 0 bridgehead atoms. The van der Waals surface area contributed by atoms with Crippen molar-refractivity contribution in [1.82, 2.24) is 5.32 Å². The molecule has 0 aliphatic carbocycles. The Kier molecular flexibility index (Phi) is 5.73. The summed E-state index contributed by atoms with van der Waals surface area (Å²) in [5, 5.41) is 3.05. The van der Waals surface area contributed by atoms with Crippen LogP contribution in [0.3, 0.4) is 0 Å². The molecule has 1 N–H and O–H groups in total. The van der Waals surface area contributed by atoms with Gasteiger partial charge in [0.05, 0.1) is 15.5 Å². The first-order valence-electron chi connectivity index (χ1n) is 6.37. The van der Waals surface area contributed by atoms with Gasteiger partial charge in [-0.2, -0.15) is 0 Å². The van der Waals surface area contributed by atoms with Gasteiger partial charge in [-0.05, 0) is 51.1 Å².